The number of rotatable bonds is 7. The van der Waals surface area contributed by atoms with Crippen molar-refractivity contribution < 1.29 is 19.2 Å². The van der Waals surface area contributed by atoms with Gasteiger partial charge in [-0.1, -0.05) is 47.8 Å². The largest absolute Gasteiger partial charge is 0.342 e. The molecular weight excluding hydrogens is 653 g/mol. The first kappa shape index (κ1) is 34.3. The van der Waals surface area contributed by atoms with Crippen LogP contribution in [0.2, 0.25) is 10.0 Å². The third-order valence-corrected chi connectivity index (χ3v) is 10.7. The second-order valence-corrected chi connectivity index (χ2v) is 14.6. The number of urea groups is 2. The molecule has 0 spiro atoms. The van der Waals surface area contributed by atoms with E-state index >= 15 is 0 Å². The number of halogens is 2. The van der Waals surface area contributed by atoms with Gasteiger partial charge in [-0.25, -0.2) is 9.59 Å². The number of fused-ring (bicyclic) bond motifs is 1. The van der Waals surface area contributed by atoms with Crippen LogP contribution in [0.4, 0.5) is 21.0 Å². The monoisotopic (exact) mass is 697 g/mol. The van der Waals surface area contributed by atoms with Crippen molar-refractivity contribution in [3.05, 3.63) is 58.1 Å². The van der Waals surface area contributed by atoms with Crippen LogP contribution in [0.25, 0.3) is 0 Å². The Hall–Kier alpha value is -3.54. The highest BCUT2D eigenvalue weighted by molar-refractivity contribution is 6.35. The van der Waals surface area contributed by atoms with Crippen LogP contribution in [0.3, 0.4) is 0 Å². The third-order valence-electron chi connectivity index (χ3n) is 10.3. The molecule has 3 saturated heterocycles. The van der Waals surface area contributed by atoms with Crippen LogP contribution in [0.5, 0.6) is 0 Å². The summed E-state index contributed by atoms with van der Waals surface area (Å²) < 4.78 is 0. The molecule has 3 fully saturated rings. The molecule has 3 N–H and O–H groups in total. The van der Waals surface area contributed by atoms with E-state index < -0.39 is 11.6 Å². The van der Waals surface area contributed by atoms with Crippen molar-refractivity contribution in [1.82, 2.24) is 24.9 Å². The van der Waals surface area contributed by atoms with Gasteiger partial charge in [0.05, 0.1) is 6.42 Å². The quantitative estimate of drug-likeness (QED) is 0.339. The normalized spacial score (nSPS) is 20.8. The van der Waals surface area contributed by atoms with Crippen LogP contribution in [0.1, 0.15) is 63.9 Å². The molecule has 11 nitrogen and oxygen atoms in total. The lowest BCUT2D eigenvalue weighted by atomic mass is 9.91. The van der Waals surface area contributed by atoms with E-state index in [2.05, 4.69) is 20.9 Å². The molecule has 258 valence electrons. The van der Waals surface area contributed by atoms with E-state index in [1.807, 2.05) is 29.2 Å². The van der Waals surface area contributed by atoms with Crippen LogP contribution in [-0.4, -0.2) is 100 Å². The molecule has 6 amide bonds. The summed E-state index contributed by atoms with van der Waals surface area (Å²) in [6.45, 7) is 6.42. The number of benzene rings is 2. The van der Waals surface area contributed by atoms with E-state index in [9.17, 15) is 19.2 Å². The van der Waals surface area contributed by atoms with Gasteiger partial charge in [0.15, 0.2) is 0 Å². The SMILES string of the molecule is C[C@@](CC(=O)N1CCC(N2Cc3ccccc3NC2=O)CC1)(NC(=O)Nc1cc(Cl)cc(Cl)c1)C(=O)N1CCC(N2CCCCC2)CC1. The number of amides is 6. The lowest BCUT2D eigenvalue weighted by molar-refractivity contribution is -0.144. The Morgan fingerprint density at radius 1 is 0.854 bits per heavy atom. The summed E-state index contributed by atoms with van der Waals surface area (Å²) in [5, 5.41) is 9.28. The molecule has 4 aliphatic rings. The van der Waals surface area contributed by atoms with Gasteiger partial charge >= 0.3 is 12.1 Å². The predicted octanol–water partition coefficient (Wildman–Crippen LogP) is 5.78. The minimum atomic E-state index is -1.49. The number of nitrogens with zero attached hydrogens (tertiary/aromatic N) is 4. The third kappa shape index (κ3) is 8.01. The van der Waals surface area contributed by atoms with Crippen molar-refractivity contribution in [3.63, 3.8) is 0 Å². The van der Waals surface area contributed by atoms with Gasteiger partial charge in [-0.05, 0) is 88.4 Å². The maximum absolute atomic E-state index is 14.2. The fourth-order valence-corrected chi connectivity index (χ4v) is 8.16. The van der Waals surface area contributed by atoms with Gasteiger partial charge in [-0.3, -0.25) is 9.59 Å². The Morgan fingerprint density at radius 3 is 2.17 bits per heavy atom. The first-order valence-electron chi connectivity index (χ1n) is 17.1. The summed E-state index contributed by atoms with van der Waals surface area (Å²) in [6, 6.07) is 12.1. The van der Waals surface area contributed by atoms with E-state index in [1.54, 1.807) is 34.9 Å². The molecular formula is C35H45Cl2N7O4. The van der Waals surface area contributed by atoms with Crippen LogP contribution >= 0.6 is 23.2 Å². The Morgan fingerprint density at radius 2 is 1.48 bits per heavy atom. The number of carbonyl (C=O) groups is 4. The molecule has 0 bridgehead atoms. The molecule has 1 atom stereocenters. The van der Waals surface area contributed by atoms with Gasteiger partial charge in [0, 0.05) is 66.2 Å². The number of anilines is 2. The predicted molar refractivity (Wildman–Crippen MR) is 187 cm³/mol. The van der Waals surface area contributed by atoms with Crippen LogP contribution in [0.15, 0.2) is 42.5 Å². The van der Waals surface area contributed by atoms with Crippen molar-refractivity contribution in [2.75, 3.05) is 49.9 Å². The van der Waals surface area contributed by atoms with Gasteiger partial charge < -0.3 is 35.6 Å². The highest BCUT2D eigenvalue weighted by atomic mass is 35.5. The summed E-state index contributed by atoms with van der Waals surface area (Å²) >= 11 is 12.3. The lowest BCUT2D eigenvalue weighted by Gasteiger charge is -2.43. The zero-order valence-corrected chi connectivity index (χ0v) is 29.0. The molecule has 13 heteroatoms. The summed E-state index contributed by atoms with van der Waals surface area (Å²) in [7, 11) is 0. The Labute approximate surface area is 292 Å². The van der Waals surface area contributed by atoms with Crippen molar-refractivity contribution in [2.45, 2.75) is 82.5 Å². The molecule has 0 saturated carbocycles. The van der Waals surface area contributed by atoms with E-state index in [4.69, 9.17) is 23.2 Å². The van der Waals surface area contributed by atoms with Crippen molar-refractivity contribution in [2.24, 2.45) is 0 Å². The van der Waals surface area contributed by atoms with E-state index in [0.29, 0.717) is 67.3 Å². The average molecular weight is 699 g/mol. The molecule has 0 unspecified atom stereocenters. The van der Waals surface area contributed by atoms with Crippen LogP contribution in [0, 0.1) is 0 Å². The van der Waals surface area contributed by atoms with E-state index in [1.165, 1.54) is 19.3 Å². The lowest BCUT2D eigenvalue weighted by Crippen LogP contribution is -2.62. The molecule has 48 heavy (non-hydrogen) atoms. The fraction of sp³-hybridized carbons (Fsp3) is 0.543. The first-order chi connectivity index (χ1) is 23.1. The summed E-state index contributed by atoms with van der Waals surface area (Å²) in [5.41, 5.74) is 0.782. The average Bonchev–Trinajstić information content (AvgIpc) is 3.07. The first-order valence-corrected chi connectivity index (χ1v) is 17.9. The minimum absolute atomic E-state index is 0.00922. The van der Waals surface area contributed by atoms with Crippen LogP contribution < -0.4 is 16.0 Å². The molecule has 6 rings (SSSR count). The Bertz CT molecular complexity index is 1500. The maximum Gasteiger partial charge on any atom is 0.322 e. The highest BCUT2D eigenvalue weighted by Crippen LogP contribution is 2.29. The molecule has 0 aliphatic carbocycles. The molecule has 2 aromatic carbocycles. The van der Waals surface area contributed by atoms with Crippen molar-refractivity contribution >= 4 is 58.5 Å². The van der Waals surface area contributed by atoms with Gasteiger partial charge in [-0.15, -0.1) is 0 Å². The van der Waals surface area contributed by atoms with Gasteiger partial charge in [0.2, 0.25) is 11.8 Å². The Balaban J connectivity index is 1.11. The zero-order chi connectivity index (χ0) is 33.8. The fourth-order valence-electron chi connectivity index (χ4n) is 7.64. The highest BCUT2D eigenvalue weighted by Gasteiger charge is 2.43. The molecule has 4 heterocycles. The van der Waals surface area contributed by atoms with Gasteiger partial charge in [0.25, 0.3) is 0 Å². The molecule has 4 aliphatic heterocycles. The molecule has 2 aromatic rings. The van der Waals surface area contributed by atoms with Crippen molar-refractivity contribution in [3.8, 4) is 0 Å². The second kappa shape index (κ2) is 14.9. The summed E-state index contributed by atoms with van der Waals surface area (Å²) in [5.74, 6) is -0.488. The number of piperidine rings is 3. The van der Waals surface area contributed by atoms with E-state index in [-0.39, 0.29) is 30.3 Å². The van der Waals surface area contributed by atoms with Gasteiger partial charge in [-0.2, -0.15) is 0 Å². The smallest absolute Gasteiger partial charge is 0.322 e. The maximum atomic E-state index is 14.2. The molecule has 0 aromatic heterocycles. The summed E-state index contributed by atoms with van der Waals surface area (Å²) in [6.07, 6.45) is 6.49. The number of hydrogen-bond donors (Lipinski definition) is 3. The second-order valence-electron chi connectivity index (χ2n) is 13.7. The topological polar surface area (TPSA) is 117 Å². The summed E-state index contributed by atoms with van der Waals surface area (Å²) in [4.78, 5) is 62.2. The van der Waals surface area contributed by atoms with Gasteiger partial charge in [0.1, 0.15) is 5.54 Å². The Kier molecular flexibility index (Phi) is 10.7. The number of hydrogen-bond acceptors (Lipinski definition) is 5. The molecule has 0 radical (unpaired) electrons. The number of likely N-dealkylation sites (tertiary alicyclic amines) is 3. The van der Waals surface area contributed by atoms with Crippen molar-refractivity contribution in [1.29, 1.82) is 0 Å². The number of nitrogens with one attached hydrogen (secondary N) is 3. The van der Waals surface area contributed by atoms with E-state index in [0.717, 1.165) is 37.2 Å². The number of carbonyl (C=O) groups excluding carboxylic acids is 4. The zero-order valence-electron chi connectivity index (χ0n) is 27.5. The standard InChI is InChI=1S/C35H45Cl2N7O4/c1-35(40-33(47)38-27-20-25(36)19-26(37)21-27,32(46)43-17-9-28(10-18-43)41-13-5-2-6-14-41)22-31(45)42-15-11-29(12-16-42)44-23-24-7-3-4-8-30(24)39-34(44)48/h3-4,7-8,19-21,28-29H,2,5-6,9-18,22-23H2,1H3,(H,39,48)(H2,38,40,47)/t35-/m0/s1. The van der Waals surface area contributed by atoms with Crippen LogP contribution in [-0.2, 0) is 16.1 Å². The minimum Gasteiger partial charge on any atom is -0.342 e. The number of para-hydroxylation sites is 1.